The first kappa shape index (κ1) is 16.2. The summed E-state index contributed by atoms with van der Waals surface area (Å²) < 4.78 is 13.1. The van der Waals surface area contributed by atoms with Crippen molar-refractivity contribution in [1.82, 2.24) is 20.2 Å². The van der Waals surface area contributed by atoms with E-state index >= 15 is 0 Å². The molecule has 4 aromatic rings. The molecule has 0 aliphatic carbocycles. The van der Waals surface area contributed by atoms with E-state index in [0.29, 0.717) is 21.5 Å². The van der Waals surface area contributed by atoms with E-state index in [9.17, 15) is 9.18 Å². The maximum Gasteiger partial charge on any atom is 0.267 e. The van der Waals surface area contributed by atoms with Gasteiger partial charge in [-0.1, -0.05) is 23.5 Å². The predicted molar refractivity (Wildman–Crippen MR) is 98.4 cm³/mol. The Hall–Kier alpha value is -3.33. The number of aryl methyl sites for hydroxylation is 1. The molecule has 0 aliphatic heterocycles. The van der Waals surface area contributed by atoms with E-state index in [1.807, 2.05) is 19.1 Å². The van der Waals surface area contributed by atoms with Gasteiger partial charge in [-0.3, -0.25) is 9.89 Å². The van der Waals surface area contributed by atoms with E-state index in [1.165, 1.54) is 12.3 Å². The fourth-order valence-electron chi connectivity index (χ4n) is 2.49. The van der Waals surface area contributed by atoms with Gasteiger partial charge >= 0.3 is 0 Å². The number of pyridine rings is 1. The van der Waals surface area contributed by atoms with Crippen molar-refractivity contribution in [2.45, 2.75) is 6.92 Å². The number of rotatable bonds is 4. The van der Waals surface area contributed by atoms with Crippen LogP contribution in [0.1, 0.15) is 15.2 Å². The number of hydrogen-bond donors (Lipinski definition) is 3. The van der Waals surface area contributed by atoms with Crippen molar-refractivity contribution in [3.8, 4) is 0 Å². The van der Waals surface area contributed by atoms with Crippen molar-refractivity contribution < 1.29 is 9.18 Å². The van der Waals surface area contributed by atoms with Gasteiger partial charge in [0.15, 0.2) is 5.13 Å². The van der Waals surface area contributed by atoms with Crippen LogP contribution in [-0.4, -0.2) is 26.1 Å². The van der Waals surface area contributed by atoms with Gasteiger partial charge in [0.2, 0.25) is 5.95 Å². The summed E-state index contributed by atoms with van der Waals surface area (Å²) in [7, 11) is 0. The molecule has 0 fully saturated rings. The second-order valence-electron chi connectivity index (χ2n) is 5.54. The first-order valence-corrected chi connectivity index (χ1v) is 8.51. The fourth-order valence-corrected chi connectivity index (χ4v) is 3.21. The number of thiazole rings is 1. The Morgan fingerprint density at radius 2 is 2.12 bits per heavy atom. The molecule has 0 radical (unpaired) electrons. The highest BCUT2D eigenvalue weighted by Gasteiger charge is 2.15. The Bertz CT molecular complexity index is 1110. The summed E-state index contributed by atoms with van der Waals surface area (Å²) >= 11 is 1.15. The van der Waals surface area contributed by atoms with Crippen molar-refractivity contribution in [1.29, 1.82) is 0 Å². The van der Waals surface area contributed by atoms with Crippen LogP contribution < -0.4 is 10.6 Å². The predicted octanol–water partition coefficient (Wildman–Crippen LogP) is 3.86. The van der Waals surface area contributed by atoms with Crippen molar-refractivity contribution in [3.63, 3.8) is 0 Å². The minimum Gasteiger partial charge on any atom is -0.320 e. The second kappa shape index (κ2) is 6.52. The molecule has 26 heavy (non-hydrogen) atoms. The van der Waals surface area contributed by atoms with Gasteiger partial charge in [0, 0.05) is 5.39 Å². The fraction of sp³-hybridized carbons (Fsp3) is 0.0588. The van der Waals surface area contributed by atoms with Crippen molar-refractivity contribution >= 4 is 44.8 Å². The number of nitrogens with one attached hydrogen (secondary N) is 3. The zero-order valence-corrected chi connectivity index (χ0v) is 14.4. The van der Waals surface area contributed by atoms with Gasteiger partial charge in [0.05, 0.1) is 23.6 Å². The van der Waals surface area contributed by atoms with Crippen molar-refractivity contribution in [2.75, 3.05) is 10.6 Å². The van der Waals surface area contributed by atoms with Gasteiger partial charge in [-0.2, -0.15) is 9.49 Å². The lowest BCUT2D eigenvalue weighted by atomic mass is 10.1. The summed E-state index contributed by atoms with van der Waals surface area (Å²) in [5.41, 5.74) is 2.48. The molecule has 3 N–H and O–H groups in total. The van der Waals surface area contributed by atoms with Crippen LogP contribution in [0.15, 0.2) is 42.7 Å². The Morgan fingerprint density at radius 3 is 2.96 bits per heavy atom. The molecule has 1 amide bonds. The zero-order valence-electron chi connectivity index (χ0n) is 13.6. The van der Waals surface area contributed by atoms with Crippen LogP contribution in [0.25, 0.3) is 10.9 Å². The van der Waals surface area contributed by atoms with Crippen LogP contribution in [0.4, 0.5) is 21.0 Å². The molecule has 0 spiro atoms. The number of aromatic nitrogens is 4. The summed E-state index contributed by atoms with van der Waals surface area (Å²) in [5, 5.41) is 14.0. The largest absolute Gasteiger partial charge is 0.320 e. The first-order valence-electron chi connectivity index (χ1n) is 7.69. The summed E-state index contributed by atoms with van der Waals surface area (Å²) in [5.74, 6) is -0.543. The first-order chi connectivity index (χ1) is 12.6. The SMILES string of the molecule is Cc1ccc2[nH]ncc2c1NC(=O)c1cnc(Nc2cccc(F)n2)s1. The lowest BCUT2D eigenvalue weighted by Gasteiger charge is -2.08. The molecule has 9 heteroatoms. The smallest absolute Gasteiger partial charge is 0.267 e. The Labute approximate surface area is 151 Å². The molecule has 0 atom stereocenters. The Balaban J connectivity index is 1.55. The minimum absolute atomic E-state index is 0.278. The highest BCUT2D eigenvalue weighted by Crippen LogP contribution is 2.28. The topological polar surface area (TPSA) is 95.6 Å². The van der Waals surface area contributed by atoms with E-state index in [4.69, 9.17) is 0 Å². The van der Waals surface area contributed by atoms with Crippen molar-refractivity contribution in [2.24, 2.45) is 0 Å². The normalized spacial score (nSPS) is 10.8. The third-order valence-electron chi connectivity index (χ3n) is 3.75. The molecule has 0 aliphatic rings. The lowest BCUT2D eigenvalue weighted by molar-refractivity contribution is 0.103. The number of carbonyl (C=O) groups is 1. The van der Waals surface area contributed by atoms with Gasteiger partial charge in [-0.15, -0.1) is 0 Å². The summed E-state index contributed by atoms with van der Waals surface area (Å²) in [4.78, 5) is 20.8. The number of fused-ring (bicyclic) bond motifs is 1. The highest BCUT2D eigenvalue weighted by molar-refractivity contribution is 7.17. The van der Waals surface area contributed by atoms with E-state index in [2.05, 4.69) is 30.8 Å². The summed E-state index contributed by atoms with van der Waals surface area (Å²) in [6, 6.07) is 8.23. The molecule has 1 aromatic carbocycles. The number of halogens is 1. The minimum atomic E-state index is -0.590. The third kappa shape index (κ3) is 3.11. The van der Waals surface area contributed by atoms with E-state index in [1.54, 1.807) is 18.3 Å². The van der Waals surface area contributed by atoms with Gasteiger partial charge in [-0.05, 0) is 30.7 Å². The molecule has 3 heterocycles. The molecule has 130 valence electrons. The number of hydrogen-bond acceptors (Lipinski definition) is 6. The molecular formula is C17H13FN6OS. The second-order valence-corrected chi connectivity index (χ2v) is 6.57. The monoisotopic (exact) mass is 368 g/mol. The third-order valence-corrected chi connectivity index (χ3v) is 4.66. The zero-order chi connectivity index (χ0) is 18.1. The molecule has 0 saturated carbocycles. The maximum absolute atomic E-state index is 13.1. The maximum atomic E-state index is 13.1. The number of H-pyrrole nitrogens is 1. The Morgan fingerprint density at radius 1 is 1.23 bits per heavy atom. The molecule has 0 bridgehead atoms. The van der Waals surface area contributed by atoms with Gasteiger partial charge in [-0.25, -0.2) is 9.97 Å². The molecule has 7 nitrogen and oxygen atoms in total. The quantitative estimate of drug-likeness (QED) is 0.476. The summed E-state index contributed by atoms with van der Waals surface area (Å²) in [6.07, 6.45) is 3.14. The van der Waals surface area contributed by atoms with Crippen LogP contribution >= 0.6 is 11.3 Å². The number of nitrogens with zero attached hydrogens (tertiary/aromatic N) is 3. The van der Waals surface area contributed by atoms with Gasteiger partial charge in [0.1, 0.15) is 10.7 Å². The highest BCUT2D eigenvalue weighted by atomic mass is 32.1. The number of aromatic amines is 1. The van der Waals surface area contributed by atoms with Gasteiger partial charge < -0.3 is 10.6 Å². The molecule has 3 aromatic heterocycles. The van der Waals surface area contributed by atoms with E-state index in [-0.39, 0.29) is 5.91 Å². The van der Waals surface area contributed by atoms with Crippen LogP contribution in [0, 0.1) is 12.9 Å². The standard InChI is InChI=1S/C17H13FN6OS/c1-9-5-6-11-10(7-20-24-11)15(9)23-16(25)12-8-19-17(26-12)22-14-4-2-3-13(18)21-14/h2-8H,1H3,(H,20,24)(H,23,25)(H,19,21,22). The van der Waals surface area contributed by atoms with E-state index < -0.39 is 5.95 Å². The molecule has 0 saturated heterocycles. The number of benzene rings is 1. The average Bonchev–Trinajstić information content (AvgIpc) is 3.27. The number of anilines is 3. The lowest BCUT2D eigenvalue weighted by Crippen LogP contribution is -2.11. The van der Waals surface area contributed by atoms with Crippen LogP contribution in [-0.2, 0) is 0 Å². The van der Waals surface area contributed by atoms with Crippen LogP contribution in [0.3, 0.4) is 0 Å². The van der Waals surface area contributed by atoms with Gasteiger partial charge in [0.25, 0.3) is 5.91 Å². The molecular weight excluding hydrogens is 355 g/mol. The average molecular weight is 368 g/mol. The van der Waals surface area contributed by atoms with E-state index in [0.717, 1.165) is 27.8 Å². The molecule has 0 unspecified atom stereocenters. The van der Waals surface area contributed by atoms with Crippen molar-refractivity contribution in [3.05, 3.63) is 59.1 Å². The van der Waals surface area contributed by atoms with Crippen LogP contribution in [0.2, 0.25) is 0 Å². The number of amides is 1. The number of carbonyl (C=O) groups excluding carboxylic acids is 1. The summed E-state index contributed by atoms with van der Waals surface area (Å²) in [6.45, 7) is 1.91. The van der Waals surface area contributed by atoms with Crippen LogP contribution in [0.5, 0.6) is 0 Å². The Kier molecular flexibility index (Phi) is 4.05. The molecule has 4 rings (SSSR count).